The van der Waals surface area contributed by atoms with Gasteiger partial charge in [-0.15, -0.1) is 0 Å². The molecule has 0 aromatic carbocycles. The maximum absolute atomic E-state index is 9.63. The van der Waals surface area contributed by atoms with Crippen LogP contribution in [0.1, 0.15) is 18.9 Å². The molecule has 0 spiro atoms. The molecule has 0 bridgehead atoms. The van der Waals surface area contributed by atoms with E-state index in [1.165, 1.54) is 0 Å². The monoisotopic (exact) mass is 326 g/mol. The highest BCUT2D eigenvalue weighted by atomic mass is 16.4. The van der Waals surface area contributed by atoms with Crippen molar-refractivity contribution in [2.75, 3.05) is 36.0 Å². The van der Waals surface area contributed by atoms with Crippen molar-refractivity contribution in [1.82, 2.24) is 19.9 Å². The standard InChI is InChI=1S/C16H18N6O2/c1-11(23)15-18-5-3-14(20-15)21-6-8-22(9-7-21)16-19-12-2-4-17-10-13(12)24-16/h2-5,10-11,23H,6-9H2,1H3/t11-/m1/s1. The summed E-state index contributed by atoms with van der Waals surface area (Å²) in [6.07, 6.45) is 4.41. The largest absolute Gasteiger partial charge is 0.422 e. The van der Waals surface area contributed by atoms with E-state index in [0.29, 0.717) is 17.4 Å². The van der Waals surface area contributed by atoms with Crippen LogP contribution in [0, 0.1) is 0 Å². The van der Waals surface area contributed by atoms with E-state index in [-0.39, 0.29) is 0 Å². The molecular formula is C16H18N6O2. The highest BCUT2D eigenvalue weighted by molar-refractivity contribution is 5.73. The fourth-order valence-corrected chi connectivity index (χ4v) is 2.77. The summed E-state index contributed by atoms with van der Waals surface area (Å²) in [4.78, 5) is 21.4. The van der Waals surface area contributed by atoms with Gasteiger partial charge in [-0.25, -0.2) is 9.97 Å². The third kappa shape index (κ3) is 2.76. The highest BCUT2D eigenvalue weighted by Crippen LogP contribution is 2.23. The number of aliphatic hydroxyl groups excluding tert-OH is 1. The molecule has 4 heterocycles. The van der Waals surface area contributed by atoms with E-state index in [2.05, 4.69) is 29.7 Å². The van der Waals surface area contributed by atoms with Crippen molar-refractivity contribution in [1.29, 1.82) is 0 Å². The Labute approximate surface area is 138 Å². The van der Waals surface area contributed by atoms with Crippen molar-refractivity contribution >= 4 is 22.9 Å². The Morgan fingerprint density at radius 3 is 2.62 bits per heavy atom. The maximum Gasteiger partial charge on any atom is 0.298 e. The van der Waals surface area contributed by atoms with E-state index >= 15 is 0 Å². The Kier molecular flexibility index (Phi) is 3.73. The van der Waals surface area contributed by atoms with Gasteiger partial charge in [0.1, 0.15) is 17.4 Å². The molecule has 1 aliphatic heterocycles. The lowest BCUT2D eigenvalue weighted by molar-refractivity contribution is 0.189. The number of piperazine rings is 1. The molecule has 0 amide bonds. The number of fused-ring (bicyclic) bond motifs is 1. The lowest BCUT2D eigenvalue weighted by atomic mass is 10.3. The molecule has 3 aromatic heterocycles. The first kappa shape index (κ1) is 14.8. The van der Waals surface area contributed by atoms with Crippen LogP contribution in [0.2, 0.25) is 0 Å². The first-order valence-corrected chi connectivity index (χ1v) is 7.92. The van der Waals surface area contributed by atoms with Crippen LogP contribution in [-0.2, 0) is 0 Å². The zero-order valence-electron chi connectivity index (χ0n) is 13.3. The summed E-state index contributed by atoms with van der Waals surface area (Å²) in [6, 6.07) is 4.34. The van der Waals surface area contributed by atoms with Gasteiger partial charge in [0, 0.05) is 38.6 Å². The summed E-state index contributed by atoms with van der Waals surface area (Å²) in [5.41, 5.74) is 1.52. The molecule has 1 aliphatic rings. The molecule has 8 nitrogen and oxygen atoms in total. The van der Waals surface area contributed by atoms with Gasteiger partial charge in [-0.2, -0.15) is 4.98 Å². The van der Waals surface area contributed by atoms with E-state index < -0.39 is 6.10 Å². The van der Waals surface area contributed by atoms with Crippen molar-refractivity contribution in [2.45, 2.75) is 13.0 Å². The minimum atomic E-state index is -0.667. The Hall–Kier alpha value is -2.74. The van der Waals surface area contributed by atoms with Gasteiger partial charge in [0.25, 0.3) is 6.01 Å². The molecule has 3 aromatic rings. The summed E-state index contributed by atoms with van der Waals surface area (Å²) < 4.78 is 5.77. The van der Waals surface area contributed by atoms with Gasteiger partial charge in [0.2, 0.25) is 0 Å². The van der Waals surface area contributed by atoms with Crippen LogP contribution in [0.4, 0.5) is 11.8 Å². The summed E-state index contributed by atoms with van der Waals surface area (Å²) in [5.74, 6) is 1.28. The summed E-state index contributed by atoms with van der Waals surface area (Å²) in [7, 11) is 0. The molecule has 1 saturated heterocycles. The lowest BCUT2D eigenvalue weighted by Crippen LogP contribution is -2.47. The van der Waals surface area contributed by atoms with Gasteiger partial charge >= 0.3 is 0 Å². The predicted molar refractivity (Wildman–Crippen MR) is 88.9 cm³/mol. The van der Waals surface area contributed by atoms with E-state index in [9.17, 15) is 5.11 Å². The number of oxazole rings is 1. The minimum Gasteiger partial charge on any atom is -0.422 e. The van der Waals surface area contributed by atoms with Crippen LogP contribution in [0.15, 0.2) is 35.1 Å². The molecule has 124 valence electrons. The first-order valence-electron chi connectivity index (χ1n) is 7.92. The number of hydrogen-bond donors (Lipinski definition) is 1. The van der Waals surface area contributed by atoms with Gasteiger partial charge in [-0.1, -0.05) is 0 Å². The van der Waals surface area contributed by atoms with E-state index in [4.69, 9.17) is 4.42 Å². The van der Waals surface area contributed by atoms with Crippen molar-refractivity contribution in [3.63, 3.8) is 0 Å². The Morgan fingerprint density at radius 2 is 1.88 bits per heavy atom. The zero-order chi connectivity index (χ0) is 16.5. The number of pyridine rings is 1. The summed E-state index contributed by atoms with van der Waals surface area (Å²) in [6.45, 7) is 4.84. The van der Waals surface area contributed by atoms with Crippen LogP contribution < -0.4 is 9.80 Å². The molecule has 0 aliphatic carbocycles. The molecule has 4 rings (SSSR count). The molecule has 8 heteroatoms. The summed E-state index contributed by atoms with van der Waals surface area (Å²) >= 11 is 0. The Bertz CT molecular complexity index is 808. The third-order valence-corrected chi connectivity index (χ3v) is 4.09. The fourth-order valence-electron chi connectivity index (χ4n) is 2.77. The number of hydrogen-bond acceptors (Lipinski definition) is 8. The van der Waals surface area contributed by atoms with Crippen LogP contribution in [-0.4, -0.2) is 51.2 Å². The SMILES string of the molecule is C[C@@H](O)c1nccc(N2CCN(c3nc4ccncc4o3)CC2)n1. The van der Waals surface area contributed by atoms with E-state index in [0.717, 1.165) is 37.5 Å². The minimum absolute atomic E-state index is 0.446. The van der Waals surface area contributed by atoms with Crippen LogP contribution in [0.25, 0.3) is 11.1 Å². The molecule has 1 atom stereocenters. The van der Waals surface area contributed by atoms with Crippen molar-refractivity contribution in [2.24, 2.45) is 0 Å². The van der Waals surface area contributed by atoms with Gasteiger partial charge < -0.3 is 19.3 Å². The number of nitrogens with zero attached hydrogens (tertiary/aromatic N) is 6. The first-order chi connectivity index (χ1) is 11.7. The summed E-state index contributed by atoms with van der Waals surface area (Å²) in [5, 5.41) is 9.63. The van der Waals surface area contributed by atoms with Crippen molar-refractivity contribution in [3.05, 3.63) is 36.5 Å². The smallest absolute Gasteiger partial charge is 0.298 e. The van der Waals surface area contributed by atoms with E-state index in [1.807, 2.05) is 12.1 Å². The number of aromatic nitrogens is 4. The third-order valence-electron chi connectivity index (χ3n) is 4.09. The molecule has 1 fully saturated rings. The second-order valence-electron chi connectivity index (χ2n) is 5.76. The molecule has 0 radical (unpaired) electrons. The number of rotatable bonds is 3. The average molecular weight is 326 g/mol. The van der Waals surface area contributed by atoms with Crippen LogP contribution >= 0.6 is 0 Å². The average Bonchev–Trinajstić information content (AvgIpc) is 3.06. The number of aliphatic hydroxyl groups is 1. The van der Waals surface area contributed by atoms with Gasteiger partial charge in [-0.05, 0) is 19.1 Å². The van der Waals surface area contributed by atoms with Gasteiger partial charge in [0.15, 0.2) is 11.4 Å². The fraction of sp³-hybridized carbons (Fsp3) is 0.375. The van der Waals surface area contributed by atoms with Crippen LogP contribution in [0.3, 0.4) is 0 Å². The second kappa shape index (κ2) is 6.04. The lowest BCUT2D eigenvalue weighted by Gasteiger charge is -2.34. The zero-order valence-corrected chi connectivity index (χ0v) is 13.3. The molecule has 0 saturated carbocycles. The topological polar surface area (TPSA) is 91.4 Å². The van der Waals surface area contributed by atoms with Crippen LogP contribution in [0.5, 0.6) is 0 Å². The van der Waals surface area contributed by atoms with Gasteiger partial charge in [0.05, 0.1) is 6.20 Å². The molecule has 0 unspecified atom stereocenters. The number of anilines is 2. The Morgan fingerprint density at radius 1 is 1.08 bits per heavy atom. The highest BCUT2D eigenvalue weighted by Gasteiger charge is 2.22. The maximum atomic E-state index is 9.63. The van der Waals surface area contributed by atoms with E-state index in [1.54, 1.807) is 25.5 Å². The molecular weight excluding hydrogens is 308 g/mol. The molecule has 1 N–H and O–H groups in total. The van der Waals surface area contributed by atoms with Crippen molar-refractivity contribution < 1.29 is 9.52 Å². The predicted octanol–water partition coefficient (Wildman–Crippen LogP) is 1.39. The molecule has 24 heavy (non-hydrogen) atoms. The van der Waals surface area contributed by atoms with Gasteiger partial charge in [-0.3, -0.25) is 4.98 Å². The normalized spacial score (nSPS) is 16.6. The second-order valence-corrected chi connectivity index (χ2v) is 5.76. The quantitative estimate of drug-likeness (QED) is 0.772. The van der Waals surface area contributed by atoms with Crippen molar-refractivity contribution in [3.8, 4) is 0 Å². The Balaban J connectivity index is 1.47.